The van der Waals surface area contributed by atoms with Gasteiger partial charge in [-0.3, -0.25) is 4.79 Å². The Kier molecular flexibility index (Phi) is 4.20. The zero-order valence-corrected chi connectivity index (χ0v) is 11.2. The van der Waals surface area contributed by atoms with E-state index in [2.05, 4.69) is 5.32 Å². The van der Waals surface area contributed by atoms with Gasteiger partial charge in [0, 0.05) is 11.1 Å². The first-order valence-electron chi connectivity index (χ1n) is 5.61. The van der Waals surface area contributed by atoms with Gasteiger partial charge in [0.25, 0.3) is 5.91 Å². The van der Waals surface area contributed by atoms with Gasteiger partial charge in [-0.25, -0.2) is 8.78 Å². The predicted octanol–water partition coefficient (Wildman–Crippen LogP) is 3.88. The first-order valence-corrected chi connectivity index (χ1v) is 5.99. The molecule has 0 saturated carbocycles. The molecule has 0 saturated heterocycles. The summed E-state index contributed by atoms with van der Waals surface area (Å²) >= 11 is 5.71. The molecule has 104 valence electrons. The first kappa shape index (κ1) is 14.3. The third-order valence-corrected chi connectivity index (χ3v) is 2.83. The molecule has 0 unspecified atom stereocenters. The monoisotopic (exact) mass is 297 g/mol. The van der Waals surface area contributed by atoms with Crippen molar-refractivity contribution < 1.29 is 18.3 Å². The SMILES string of the molecule is COc1ccc(C(=O)Nc2cc(Cl)ccc2F)c(F)c1. The Labute approximate surface area is 119 Å². The molecule has 0 radical (unpaired) electrons. The van der Waals surface area contributed by atoms with E-state index < -0.39 is 17.5 Å². The summed E-state index contributed by atoms with van der Waals surface area (Å²) in [4.78, 5) is 11.9. The number of amides is 1. The lowest BCUT2D eigenvalue weighted by Crippen LogP contribution is -2.14. The molecular weight excluding hydrogens is 288 g/mol. The van der Waals surface area contributed by atoms with E-state index in [0.29, 0.717) is 0 Å². The second-order valence-electron chi connectivity index (χ2n) is 3.92. The minimum atomic E-state index is -0.772. The van der Waals surface area contributed by atoms with Crippen LogP contribution in [0.5, 0.6) is 5.75 Å². The van der Waals surface area contributed by atoms with Crippen molar-refractivity contribution in [2.75, 3.05) is 12.4 Å². The fourth-order valence-electron chi connectivity index (χ4n) is 1.59. The highest BCUT2D eigenvalue weighted by Crippen LogP contribution is 2.22. The number of carbonyl (C=O) groups is 1. The number of hydrogen-bond donors (Lipinski definition) is 1. The van der Waals surface area contributed by atoms with Crippen LogP contribution in [0.2, 0.25) is 5.02 Å². The van der Waals surface area contributed by atoms with Gasteiger partial charge >= 0.3 is 0 Å². The van der Waals surface area contributed by atoms with Crippen LogP contribution >= 0.6 is 11.6 Å². The lowest BCUT2D eigenvalue weighted by atomic mass is 10.2. The van der Waals surface area contributed by atoms with E-state index >= 15 is 0 Å². The molecule has 0 heterocycles. The highest BCUT2D eigenvalue weighted by Gasteiger charge is 2.14. The van der Waals surface area contributed by atoms with Crippen molar-refractivity contribution in [2.45, 2.75) is 0 Å². The molecule has 0 aliphatic rings. The van der Waals surface area contributed by atoms with Crippen LogP contribution in [-0.4, -0.2) is 13.0 Å². The molecular formula is C14H10ClF2NO2. The Morgan fingerprint density at radius 1 is 1.15 bits per heavy atom. The Morgan fingerprint density at radius 3 is 2.55 bits per heavy atom. The fraction of sp³-hybridized carbons (Fsp3) is 0.0714. The number of benzene rings is 2. The molecule has 3 nitrogen and oxygen atoms in total. The molecule has 0 aliphatic heterocycles. The van der Waals surface area contributed by atoms with E-state index in [-0.39, 0.29) is 22.0 Å². The third-order valence-electron chi connectivity index (χ3n) is 2.60. The fourth-order valence-corrected chi connectivity index (χ4v) is 1.76. The number of halogens is 3. The van der Waals surface area contributed by atoms with Crippen LogP contribution in [0.25, 0.3) is 0 Å². The van der Waals surface area contributed by atoms with Gasteiger partial charge in [-0.2, -0.15) is 0 Å². The lowest BCUT2D eigenvalue weighted by Gasteiger charge is -2.08. The van der Waals surface area contributed by atoms with Gasteiger partial charge in [-0.1, -0.05) is 11.6 Å². The smallest absolute Gasteiger partial charge is 0.258 e. The summed E-state index contributed by atoms with van der Waals surface area (Å²) in [7, 11) is 1.38. The molecule has 0 bridgehead atoms. The summed E-state index contributed by atoms with van der Waals surface area (Å²) in [5.74, 6) is -1.90. The van der Waals surface area contributed by atoms with Crippen molar-refractivity contribution in [3.63, 3.8) is 0 Å². The van der Waals surface area contributed by atoms with Crippen molar-refractivity contribution in [1.29, 1.82) is 0 Å². The zero-order chi connectivity index (χ0) is 14.7. The largest absolute Gasteiger partial charge is 0.497 e. The van der Waals surface area contributed by atoms with Gasteiger partial charge in [0.05, 0.1) is 18.4 Å². The Bertz CT molecular complexity index is 662. The van der Waals surface area contributed by atoms with E-state index in [1.165, 1.54) is 31.4 Å². The van der Waals surface area contributed by atoms with Crippen molar-refractivity contribution in [1.82, 2.24) is 0 Å². The molecule has 20 heavy (non-hydrogen) atoms. The van der Waals surface area contributed by atoms with Crippen molar-refractivity contribution >= 4 is 23.2 Å². The summed E-state index contributed by atoms with van der Waals surface area (Å²) in [6.45, 7) is 0. The molecule has 2 rings (SSSR count). The van der Waals surface area contributed by atoms with Crippen LogP contribution in [-0.2, 0) is 0 Å². The van der Waals surface area contributed by atoms with E-state index in [4.69, 9.17) is 16.3 Å². The Balaban J connectivity index is 2.26. The second kappa shape index (κ2) is 5.88. The van der Waals surface area contributed by atoms with Gasteiger partial charge in [0.15, 0.2) is 0 Å². The predicted molar refractivity (Wildman–Crippen MR) is 72.3 cm³/mol. The molecule has 2 aromatic rings. The molecule has 0 aromatic heterocycles. The summed E-state index contributed by atoms with van der Waals surface area (Å²) in [6.07, 6.45) is 0. The van der Waals surface area contributed by atoms with Crippen LogP contribution in [0.1, 0.15) is 10.4 Å². The first-order chi connectivity index (χ1) is 9.51. The minimum Gasteiger partial charge on any atom is -0.497 e. The number of ether oxygens (including phenoxy) is 1. The summed E-state index contributed by atoms with van der Waals surface area (Å²) < 4.78 is 32.0. The number of carbonyl (C=O) groups excluding carboxylic acids is 1. The van der Waals surface area contributed by atoms with Gasteiger partial charge < -0.3 is 10.1 Å². The number of anilines is 1. The summed E-state index contributed by atoms with van der Waals surface area (Å²) in [5, 5.41) is 2.53. The maximum Gasteiger partial charge on any atom is 0.258 e. The molecule has 1 amide bonds. The highest BCUT2D eigenvalue weighted by molar-refractivity contribution is 6.31. The van der Waals surface area contributed by atoms with Crippen LogP contribution in [0.3, 0.4) is 0 Å². The molecule has 0 atom stereocenters. The molecule has 2 aromatic carbocycles. The number of rotatable bonds is 3. The number of nitrogens with one attached hydrogen (secondary N) is 1. The zero-order valence-electron chi connectivity index (χ0n) is 10.4. The highest BCUT2D eigenvalue weighted by atomic mass is 35.5. The Morgan fingerprint density at radius 2 is 1.90 bits per heavy atom. The van der Waals surface area contributed by atoms with Crippen molar-refractivity contribution in [3.8, 4) is 5.75 Å². The average molecular weight is 298 g/mol. The average Bonchev–Trinajstić information content (AvgIpc) is 2.42. The van der Waals surface area contributed by atoms with Gasteiger partial charge in [-0.05, 0) is 30.3 Å². The molecule has 0 aliphatic carbocycles. The molecule has 6 heteroatoms. The molecule has 0 fully saturated rings. The van der Waals surface area contributed by atoms with E-state index in [1.807, 2.05) is 0 Å². The summed E-state index contributed by atoms with van der Waals surface area (Å²) in [5.41, 5.74) is -0.331. The number of methoxy groups -OCH3 is 1. The van der Waals surface area contributed by atoms with Crippen LogP contribution in [0.4, 0.5) is 14.5 Å². The van der Waals surface area contributed by atoms with Gasteiger partial charge in [0.1, 0.15) is 17.4 Å². The van der Waals surface area contributed by atoms with E-state index in [1.54, 1.807) is 0 Å². The minimum absolute atomic E-state index is 0.113. The molecule has 1 N–H and O–H groups in total. The van der Waals surface area contributed by atoms with Crippen LogP contribution in [0, 0.1) is 11.6 Å². The maximum atomic E-state index is 13.7. The van der Waals surface area contributed by atoms with Crippen LogP contribution in [0.15, 0.2) is 36.4 Å². The van der Waals surface area contributed by atoms with Gasteiger partial charge in [-0.15, -0.1) is 0 Å². The van der Waals surface area contributed by atoms with Crippen molar-refractivity contribution in [3.05, 3.63) is 58.6 Å². The normalized spacial score (nSPS) is 10.2. The van der Waals surface area contributed by atoms with Gasteiger partial charge in [0.2, 0.25) is 0 Å². The van der Waals surface area contributed by atoms with Crippen molar-refractivity contribution in [2.24, 2.45) is 0 Å². The van der Waals surface area contributed by atoms with E-state index in [9.17, 15) is 13.6 Å². The lowest BCUT2D eigenvalue weighted by molar-refractivity contribution is 0.102. The maximum absolute atomic E-state index is 13.7. The Hall–Kier alpha value is -2.14. The standard InChI is InChI=1S/C14H10ClF2NO2/c1-20-9-3-4-10(12(17)7-9)14(19)18-13-6-8(15)2-5-11(13)16/h2-7H,1H3,(H,18,19). The second-order valence-corrected chi connectivity index (χ2v) is 4.36. The van der Waals surface area contributed by atoms with E-state index in [0.717, 1.165) is 12.1 Å². The number of hydrogen-bond acceptors (Lipinski definition) is 2. The topological polar surface area (TPSA) is 38.3 Å². The quantitative estimate of drug-likeness (QED) is 0.933. The summed E-state index contributed by atoms with van der Waals surface area (Å²) in [6, 6.07) is 7.47. The third kappa shape index (κ3) is 3.05. The molecule has 0 spiro atoms. The van der Waals surface area contributed by atoms with Crippen LogP contribution < -0.4 is 10.1 Å².